The Kier molecular flexibility index (Phi) is 3.82. The van der Waals surface area contributed by atoms with Gasteiger partial charge in [0.25, 0.3) is 5.91 Å². The molecule has 6 heteroatoms. The third kappa shape index (κ3) is 3.12. The van der Waals surface area contributed by atoms with E-state index in [0.29, 0.717) is 6.54 Å². The summed E-state index contributed by atoms with van der Waals surface area (Å²) in [7, 11) is 0. The van der Waals surface area contributed by atoms with Gasteiger partial charge in [-0.15, -0.1) is 0 Å². The Morgan fingerprint density at radius 1 is 1.14 bits per heavy atom. The van der Waals surface area contributed by atoms with E-state index in [2.05, 4.69) is 15.4 Å². The van der Waals surface area contributed by atoms with Gasteiger partial charge in [0.05, 0.1) is 6.54 Å². The van der Waals surface area contributed by atoms with E-state index in [1.165, 1.54) is 12.3 Å². The number of carbonyl (C=O) groups excluding carboxylic acids is 1. The summed E-state index contributed by atoms with van der Waals surface area (Å²) in [6.07, 6.45) is 3.23. The SMILES string of the molecule is O=C(Nc1ncccc1O)c1ccn(Cc2ccccc2)n1. The first-order valence-corrected chi connectivity index (χ1v) is 6.75. The summed E-state index contributed by atoms with van der Waals surface area (Å²) in [5, 5.41) is 16.4. The number of carbonyl (C=O) groups is 1. The molecule has 2 heterocycles. The average Bonchev–Trinajstić information content (AvgIpc) is 2.99. The van der Waals surface area contributed by atoms with Crippen molar-refractivity contribution in [2.75, 3.05) is 5.32 Å². The summed E-state index contributed by atoms with van der Waals surface area (Å²) in [6.45, 7) is 0.586. The van der Waals surface area contributed by atoms with Crippen molar-refractivity contribution in [3.8, 4) is 5.75 Å². The molecule has 110 valence electrons. The lowest BCUT2D eigenvalue weighted by atomic mass is 10.2. The Hall–Kier alpha value is -3.15. The van der Waals surface area contributed by atoms with E-state index in [9.17, 15) is 9.90 Å². The van der Waals surface area contributed by atoms with Gasteiger partial charge in [0.1, 0.15) is 0 Å². The van der Waals surface area contributed by atoms with Gasteiger partial charge in [-0.1, -0.05) is 30.3 Å². The quantitative estimate of drug-likeness (QED) is 0.773. The molecule has 0 bridgehead atoms. The fourth-order valence-electron chi connectivity index (χ4n) is 2.01. The molecule has 22 heavy (non-hydrogen) atoms. The van der Waals surface area contributed by atoms with E-state index in [1.54, 1.807) is 23.0 Å². The maximum Gasteiger partial charge on any atom is 0.277 e. The Morgan fingerprint density at radius 2 is 1.95 bits per heavy atom. The minimum absolute atomic E-state index is 0.0837. The highest BCUT2D eigenvalue weighted by atomic mass is 16.3. The number of aromatic hydroxyl groups is 1. The van der Waals surface area contributed by atoms with Crippen LogP contribution in [0.25, 0.3) is 0 Å². The zero-order chi connectivity index (χ0) is 15.4. The van der Waals surface area contributed by atoms with E-state index in [0.717, 1.165) is 5.56 Å². The summed E-state index contributed by atoms with van der Waals surface area (Å²) in [4.78, 5) is 16.0. The molecule has 0 spiro atoms. The highest BCUT2D eigenvalue weighted by Crippen LogP contribution is 2.18. The van der Waals surface area contributed by atoms with Gasteiger partial charge in [0, 0.05) is 12.4 Å². The maximum absolute atomic E-state index is 12.1. The van der Waals surface area contributed by atoms with Crippen LogP contribution in [0.5, 0.6) is 5.75 Å². The number of benzene rings is 1. The standard InChI is InChI=1S/C16H14N4O2/c21-14-7-4-9-17-15(14)18-16(22)13-8-10-20(19-13)11-12-5-2-1-3-6-12/h1-10,21H,11H2,(H,17,18,22). The predicted molar refractivity (Wildman–Crippen MR) is 81.6 cm³/mol. The summed E-state index contributed by atoms with van der Waals surface area (Å²) in [5.41, 5.74) is 1.36. The minimum Gasteiger partial charge on any atom is -0.504 e. The van der Waals surface area contributed by atoms with Crippen LogP contribution < -0.4 is 5.32 Å². The smallest absolute Gasteiger partial charge is 0.277 e. The first kappa shape index (κ1) is 13.8. The molecule has 0 unspecified atom stereocenters. The first-order valence-electron chi connectivity index (χ1n) is 6.75. The maximum atomic E-state index is 12.1. The Bertz CT molecular complexity index is 784. The van der Waals surface area contributed by atoms with E-state index in [1.807, 2.05) is 30.3 Å². The molecule has 1 amide bonds. The van der Waals surface area contributed by atoms with E-state index < -0.39 is 5.91 Å². The molecule has 0 fully saturated rings. The fourth-order valence-corrected chi connectivity index (χ4v) is 2.01. The highest BCUT2D eigenvalue weighted by molar-refractivity contribution is 6.02. The van der Waals surface area contributed by atoms with E-state index >= 15 is 0 Å². The summed E-state index contributed by atoms with van der Waals surface area (Å²) < 4.78 is 1.68. The molecule has 0 aliphatic carbocycles. The third-order valence-electron chi connectivity index (χ3n) is 3.08. The number of pyridine rings is 1. The zero-order valence-corrected chi connectivity index (χ0v) is 11.7. The van der Waals surface area contributed by atoms with Gasteiger partial charge in [-0.05, 0) is 23.8 Å². The van der Waals surface area contributed by atoms with Crippen LogP contribution in [0.3, 0.4) is 0 Å². The molecular formula is C16H14N4O2. The molecule has 0 radical (unpaired) electrons. The molecule has 0 saturated carbocycles. The molecule has 0 saturated heterocycles. The molecular weight excluding hydrogens is 280 g/mol. The van der Waals surface area contributed by atoms with Crippen LogP contribution in [0.2, 0.25) is 0 Å². The van der Waals surface area contributed by atoms with Crippen LogP contribution in [0.4, 0.5) is 5.82 Å². The number of nitrogens with one attached hydrogen (secondary N) is 1. The van der Waals surface area contributed by atoms with Crippen LogP contribution in [-0.2, 0) is 6.54 Å². The number of hydrogen-bond donors (Lipinski definition) is 2. The number of aromatic nitrogens is 3. The van der Waals surface area contributed by atoms with Crippen molar-refractivity contribution >= 4 is 11.7 Å². The van der Waals surface area contributed by atoms with Gasteiger partial charge in [-0.2, -0.15) is 5.10 Å². The van der Waals surface area contributed by atoms with Gasteiger partial charge >= 0.3 is 0 Å². The van der Waals surface area contributed by atoms with Crippen molar-refractivity contribution < 1.29 is 9.90 Å². The molecule has 2 N–H and O–H groups in total. The first-order chi connectivity index (χ1) is 10.7. The Labute approximate surface area is 127 Å². The highest BCUT2D eigenvalue weighted by Gasteiger charge is 2.12. The van der Waals surface area contributed by atoms with Crippen molar-refractivity contribution in [2.24, 2.45) is 0 Å². The average molecular weight is 294 g/mol. The Balaban J connectivity index is 1.71. The molecule has 0 aliphatic rings. The molecule has 3 aromatic rings. The zero-order valence-electron chi connectivity index (χ0n) is 11.7. The van der Waals surface area contributed by atoms with Gasteiger partial charge in [0.15, 0.2) is 17.3 Å². The van der Waals surface area contributed by atoms with Crippen LogP contribution >= 0.6 is 0 Å². The van der Waals surface area contributed by atoms with Gasteiger partial charge in [-0.3, -0.25) is 9.48 Å². The number of rotatable bonds is 4. The second kappa shape index (κ2) is 6.09. The second-order valence-corrected chi connectivity index (χ2v) is 4.71. The van der Waals surface area contributed by atoms with Crippen LogP contribution in [0.1, 0.15) is 16.1 Å². The molecule has 0 atom stereocenters. The van der Waals surface area contributed by atoms with E-state index in [-0.39, 0.29) is 17.3 Å². The largest absolute Gasteiger partial charge is 0.504 e. The summed E-state index contributed by atoms with van der Waals surface area (Å²) in [6, 6.07) is 14.5. The topological polar surface area (TPSA) is 80.0 Å². The second-order valence-electron chi connectivity index (χ2n) is 4.71. The van der Waals surface area contributed by atoms with Crippen LogP contribution in [-0.4, -0.2) is 25.8 Å². The predicted octanol–water partition coefficient (Wildman–Crippen LogP) is 2.28. The number of nitrogens with zero attached hydrogens (tertiary/aromatic N) is 3. The summed E-state index contributed by atoms with van der Waals surface area (Å²) in [5.74, 6) is -0.384. The summed E-state index contributed by atoms with van der Waals surface area (Å²) >= 11 is 0. The van der Waals surface area contributed by atoms with Crippen molar-refractivity contribution in [1.82, 2.24) is 14.8 Å². The van der Waals surface area contributed by atoms with E-state index in [4.69, 9.17) is 0 Å². The van der Waals surface area contributed by atoms with Crippen molar-refractivity contribution in [2.45, 2.75) is 6.54 Å². The van der Waals surface area contributed by atoms with Gasteiger partial charge in [0.2, 0.25) is 0 Å². The molecule has 6 nitrogen and oxygen atoms in total. The van der Waals surface area contributed by atoms with Crippen molar-refractivity contribution in [3.05, 3.63) is 72.2 Å². The third-order valence-corrected chi connectivity index (χ3v) is 3.08. The van der Waals surface area contributed by atoms with Gasteiger partial charge in [-0.25, -0.2) is 4.98 Å². The Morgan fingerprint density at radius 3 is 2.73 bits per heavy atom. The number of hydrogen-bond acceptors (Lipinski definition) is 4. The monoisotopic (exact) mass is 294 g/mol. The van der Waals surface area contributed by atoms with Crippen molar-refractivity contribution in [1.29, 1.82) is 0 Å². The number of amides is 1. The number of anilines is 1. The molecule has 3 rings (SSSR count). The normalized spacial score (nSPS) is 10.4. The molecule has 2 aromatic heterocycles. The van der Waals surface area contributed by atoms with Gasteiger partial charge < -0.3 is 10.4 Å². The molecule has 0 aliphatic heterocycles. The lowest BCUT2D eigenvalue weighted by molar-refractivity contribution is 0.102. The van der Waals surface area contributed by atoms with Crippen molar-refractivity contribution in [3.63, 3.8) is 0 Å². The fraction of sp³-hybridized carbons (Fsp3) is 0.0625. The van der Waals surface area contributed by atoms with Crippen LogP contribution in [0, 0.1) is 0 Å². The lowest BCUT2D eigenvalue weighted by Crippen LogP contribution is -2.14. The minimum atomic E-state index is -0.416. The molecule has 1 aromatic carbocycles. The lowest BCUT2D eigenvalue weighted by Gasteiger charge is -2.04. The van der Waals surface area contributed by atoms with Crippen LogP contribution in [0.15, 0.2) is 60.9 Å².